The molecule has 0 aliphatic carbocycles. The minimum atomic E-state index is -0.337. The minimum Gasteiger partial charge on any atom is -0.512 e. The van der Waals surface area contributed by atoms with Crippen molar-refractivity contribution in [1.82, 2.24) is 0 Å². The normalized spacial score (nSPS) is 13.8. The number of nitrogens with zero attached hydrogens (tertiary/aromatic N) is 1. The molecule has 7 heteroatoms. The Labute approximate surface area is 335 Å². The molecule has 5 nitrogen and oxygen atoms in total. The fraction of sp³-hybridized carbons (Fsp3) is 0.478. The molecule has 0 fully saturated rings. The van der Waals surface area contributed by atoms with Crippen molar-refractivity contribution in [2.75, 3.05) is 12.0 Å². The molecule has 53 heavy (non-hydrogen) atoms. The second-order valence-corrected chi connectivity index (χ2v) is 17.6. The Bertz CT molecular complexity index is 2150. The van der Waals surface area contributed by atoms with Gasteiger partial charge in [0.25, 0.3) is 0 Å². The van der Waals surface area contributed by atoms with Crippen LogP contribution in [0.15, 0.2) is 63.7 Å². The van der Waals surface area contributed by atoms with E-state index in [0.29, 0.717) is 12.6 Å². The molecule has 5 aromatic rings. The number of furan rings is 1. The predicted molar refractivity (Wildman–Crippen MR) is 224 cm³/mol. The van der Waals surface area contributed by atoms with Gasteiger partial charge in [0.1, 0.15) is 23.8 Å². The van der Waals surface area contributed by atoms with Gasteiger partial charge in [-0.3, -0.25) is 4.79 Å². The SMILES string of the molecule is CCC(C)(CC)C(=O)/C=C(\O)C(C)(CC)CC.Cc1c(CC(C)C)oc2ccc3c4c(sc3c12)NCN=C4c1[c-]c2ccccc2c(C(C)(C)C)c1.[Ir]. The summed E-state index contributed by atoms with van der Waals surface area (Å²) in [6.45, 7) is 26.2. The van der Waals surface area contributed by atoms with Gasteiger partial charge in [0, 0.05) is 64.8 Å². The summed E-state index contributed by atoms with van der Waals surface area (Å²) in [5, 5.41) is 19.8. The van der Waals surface area contributed by atoms with Crippen LogP contribution in [0, 0.1) is 29.7 Å². The van der Waals surface area contributed by atoms with Gasteiger partial charge in [0.05, 0.1) is 5.00 Å². The number of aliphatic hydroxyl groups is 1. The first-order valence-electron chi connectivity index (χ1n) is 19.2. The molecule has 6 rings (SSSR count). The summed E-state index contributed by atoms with van der Waals surface area (Å²) in [7, 11) is 0. The van der Waals surface area contributed by atoms with Crippen molar-refractivity contribution in [3.05, 3.63) is 88.4 Å². The van der Waals surface area contributed by atoms with E-state index in [1.807, 2.05) is 52.9 Å². The molecule has 1 aliphatic rings. The maximum Gasteiger partial charge on any atom is 0.164 e. The number of rotatable bonds is 10. The van der Waals surface area contributed by atoms with Crippen molar-refractivity contribution in [3.8, 4) is 0 Å². The number of fused-ring (bicyclic) bond motifs is 6. The van der Waals surface area contributed by atoms with Gasteiger partial charge in [-0.05, 0) is 67.0 Å². The van der Waals surface area contributed by atoms with E-state index in [1.165, 1.54) is 48.6 Å². The number of allylic oxidation sites excluding steroid dienone is 2. The second-order valence-electron chi connectivity index (χ2n) is 16.5. The van der Waals surface area contributed by atoms with E-state index in [0.717, 1.165) is 60.1 Å². The van der Waals surface area contributed by atoms with E-state index in [1.54, 1.807) is 0 Å². The van der Waals surface area contributed by atoms with Crippen molar-refractivity contribution < 1.29 is 34.4 Å². The molecule has 0 amide bonds. The van der Waals surface area contributed by atoms with E-state index in [4.69, 9.17) is 9.41 Å². The van der Waals surface area contributed by atoms with Crippen LogP contribution in [0.4, 0.5) is 5.00 Å². The van der Waals surface area contributed by atoms with Gasteiger partial charge in [0.15, 0.2) is 5.78 Å². The number of aryl methyl sites for hydroxylation is 1. The average Bonchev–Trinajstić information content (AvgIpc) is 3.66. The summed E-state index contributed by atoms with van der Waals surface area (Å²) >= 11 is 1.82. The second kappa shape index (κ2) is 16.6. The summed E-state index contributed by atoms with van der Waals surface area (Å²) in [6.07, 6.45) is 5.71. The van der Waals surface area contributed by atoms with Crippen molar-refractivity contribution >= 4 is 59.7 Å². The van der Waals surface area contributed by atoms with Crippen molar-refractivity contribution in [1.29, 1.82) is 0 Å². The quantitative estimate of drug-likeness (QED) is 0.0832. The first-order chi connectivity index (χ1) is 24.5. The molecule has 0 saturated heterocycles. The summed E-state index contributed by atoms with van der Waals surface area (Å²) in [5.74, 6) is 1.95. The molecule has 1 radical (unpaired) electrons. The maximum absolute atomic E-state index is 12.2. The number of aliphatic imine (C=N–C) groups is 1. The molecule has 1 aliphatic heterocycles. The summed E-state index contributed by atoms with van der Waals surface area (Å²) in [4.78, 5) is 17.2. The molecule has 0 unspecified atom stereocenters. The van der Waals surface area contributed by atoms with Crippen LogP contribution in [0.5, 0.6) is 0 Å². The van der Waals surface area contributed by atoms with E-state index in [-0.39, 0.29) is 47.9 Å². The topological polar surface area (TPSA) is 74.8 Å². The molecule has 0 atom stereocenters. The van der Waals surface area contributed by atoms with Gasteiger partial charge in [-0.15, -0.1) is 40.5 Å². The molecule has 3 heterocycles. The third-order valence-electron chi connectivity index (χ3n) is 11.6. The number of hydrogen-bond donors (Lipinski definition) is 2. The van der Waals surface area contributed by atoms with Gasteiger partial charge < -0.3 is 19.8 Å². The number of aliphatic hydroxyl groups excluding tert-OH is 1. The van der Waals surface area contributed by atoms with E-state index in [9.17, 15) is 9.90 Å². The summed E-state index contributed by atoms with van der Waals surface area (Å²) < 4.78 is 7.59. The van der Waals surface area contributed by atoms with Crippen molar-refractivity contribution in [2.24, 2.45) is 21.7 Å². The van der Waals surface area contributed by atoms with Crippen LogP contribution in [0.25, 0.3) is 31.8 Å². The molecular weight excluding hydrogens is 853 g/mol. The molecule has 0 bridgehead atoms. The number of hydrogen-bond acceptors (Lipinski definition) is 6. The average molecular weight is 912 g/mol. The van der Waals surface area contributed by atoms with Crippen LogP contribution in [-0.4, -0.2) is 23.3 Å². The Kier molecular flexibility index (Phi) is 13.3. The van der Waals surface area contributed by atoms with Crippen LogP contribution in [0.1, 0.15) is 130 Å². The van der Waals surface area contributed by atoms with Gasteiger partial charge in [-0.1, -0.05) is 105 Å². The van der Waals surface area contributed by atoms with Gasteiger partial charge in [0.2, 0.25) is 0 Å². The van der Waals surface area contributed by atoms with Crippen molar-refractivity contribution in [3.63, 3.8) is 0 Å². The number of anilines is 1. The number of benzene rings is 3. The van der Waals surface area contributed by atoms with Crippen molar-refractivity contribution in [2.45, 2.75) is 121 Å². The maximum atomic E-state index is 12.2. The van der Waals surface area contributed by atoms with Crippen LogP contribution < -0.4 is 5.32 Å². The fourth-order valence-corrected chi connectivity index (χ4v) is 8.29. The summed E-state index contributed by atoms with van der Waals surface area (Å²) in [5.41, 5.74) is 6.28. The minimum absolute atomic E-state index is 0. The Morgan fingerprint density at radius 3 is 2.23 bits per heavy atom. The van der Waals surface area contributed by atoms with E-state index < -0.39 is 0 Å². The van der Waals surface area contributed by atoms with Gasteiger partial charge in [-0.2, -0.15) is 0 Å². The van der Waals surface area contributed by atoms with E-state index in [2.05, 4.69) is 95.4 Å². The third kappa shape index (κ3) is 8.38. The predicted octanol–water partition coefficient (Wildman–Crippen LogP) is 13.3. The Balaban J connectivity index is 0.000000299. The third-order valence-corrected chi connectivity index (χ3v) is 12.8. The molecule has 0 spiro atoms. The molecule has 3 aromatic carbocycles. The number of nitrogens with one attached hydrogen (secondary N) is 1. The number of carbonyl (C=O) groups is 1. The van der Waals surface area contributed by atoms with Crippen LogP contribution in [0.3, 0.4) is 0 Å². The summed E-state index contributed by atoms with van der Waals surface area (Å²) in [6, 6.07) is 18.9. The Hall–Kier alpha value is -3.25. The number of thiophene rings is 1. The number of carbonyl (C=O) groups excluding carboxylic acids is 1. The van der Waals surface area contributed by atoms with Crippen LogP contribution in [0.2, 0.25) is 0 Å². The molecular formula is C46H59IrN2O3S-. The zero-order valence-electron chi connectivity index (χ0n) is 33.9. The van der Waals surface area contributed by atoms with Crippen LogP contribution in [-0.2, 0) is 36.7 Å². The zero-order valence-corrected chi connectivity index (χ0v) is 37.1. The largest absolute Gasteiger partial charge is 0.512 e. The standard InChI is InChI=1S/C31H31N2OS.C15H28O2.Ir/c1-17(2)13-25-18(3)26-24(34-25)12-11-22-27-28(32-16-33-30(27)35-29(22)26)20-14-19-9-7-8-10-21(19)23(15-20)31(4,5)6;1-7-14(5,8-2)12(16)11-13(17)15(6,9-3)10-4;/h7-12,15,17,33H,13,16H2,1-6H3;11,16H,7-10H2,1-6H3;/q-1;;/b;12-11-;. The Morgan fingerprint density at radius 2 is 1.62 bits per heavy atom. The van der Waals surface area contributed by atoms with Gasteiger partial charge >= 0.3 is 0 Å². The smallest absolute Gasteiger partial charge is 0.164 e. The van der Waals surface area contributed by atoms with Crippen LogP contribution >= 0.6 is 11.3 Å². The number of ketones is 1. The molecule has 2 aromatic heterocycles. The van der Waals surface area contributed by atoms with Gasteiger partial charge in [-0.25, -0.2) is 0 Å². The Morgan fingerprint density at radius 1 is 0.981 bits per heavy atom. The molecule has 0 saturated carbocycles. The molecule has 287 valence electrons. The molecule has 2 N–H and O–H groups in total. The zero-order chi connectivity index (χ0) is 38.2. The monoisotopic (exact) mass is 912 g/mol. The fourth-order valence-electron chi connectivity index (χ4n) is 7.01. The first kappa shape index (κ1) is 42.5. The first-order valence-corrected chi connectivity index (χ1v) is 20.0. The van der Waals surface area contributed by atoms with E-state index >= 15 is 0 Å².